The van der Waals surface area contributed by atoms with Crippen LogP contribution in [0.4, 0.5) is 4.79 Å². The fraction of sp³-hybridized carbons (Fsp3) is 0.533. The van der Waals surface area contributed by atoms with Crippen LogP contribution >= 0.6 is 11.6 Å². The van der Waals surface area contributed by atoms with Gasteiger partial charge >= 0.3 is 6.16 Å². The Morgan fingerprint density at radius 1 is 1.15 bits per heavy atom. The summed E-state index contributed by atoms with van der Waals surface area (Å²) < 4.78 is 4.80. The van der Waals surface area contributed by atoms with Gasteiger partial charge in [0.1, 0.15) is 0 Å². The summed E-state index contributed by atoms with van der Waals surface area (Å²) >= 11 is 6.27. The highest BCUT2D eigenvalue weighted by atomic mass is 35.5. The van der Waals surface area contributed by atoms with Crippen LogP contribution in [0.25, 0.3) is 0 Å². The van der Waals surface area contributed by atoms with Crippen molar-refractivity contribution in [3.63, 3.8) is 0 Å². The summed E-state index contributed by atoms with van der Waals surface area (Å²) in [6, 6.07) is 1.67. The molecule has 112 valence electrons. The number of phenols is 1. The van der Waals surface area contributed by atoms with E-state index >= 15 is 0 Å². The van der Waals surface area contributed by atoms with E-state index in [1.54, 1.807) is 6.07 Å². The standard InChI is InChI=1S/C15H21ClO4/c1-14(2,3)8-7-9(16)10(15(4,5)6)11(17)12(8)20-13(18)19/h7,17H,1-6H3,(H,18,19). The number of carbonyl (C=O) groups is 1. The molecule has 20 heavy (non-hydrogen) atoms. The van der Waals surface area contributed by atoms with Gasteiger partial charge in [-0.05, 0) is 16.9 Å². The maximum atomic E-state index is 10.9. The van der Waals surface area contributed by atoms with Crippen molar-refractivity contribution in [1.29, 1.82) is 0 Å². The van der Waals surface area contributed by atoms with Crippen LogP contribution in [0.3, 0.4) is 0 Å². The van der Waals surface area contributed by atoms with E-state index in [9.17, 15) is 9.90 Å². The zero-order valence-electron chi connectivity index (χ0n) is 12.7. The number of ether oxygens (including phenoxy) is 1. The van der Waals surface area contributed by atoms with E-state index in [0.717, 1.165) is 0 Å². The highest BCUT2D eigenvalue weighted by Gasteiger charge is 2.31. The summed E-state index contributed by atoms with van der Waals surface area (Å²) in [6.45, 7) is 11.3. The van der Waals surface area contributed by atoms with E-state index in [-0.39, 0.29) is 11.5 Å². The zero-order chi connectivity index (χ0) is 15.9. The van der Waals surface area contributed by atoms with Crippen LogP contribution in [0, 0.1) is 0 Å². The minimum atomic E-state index is -1.46. The quantitative estimate of drug-likeness (QED) is 0.583. The Labute approximate surface area is 124 Å². The molecule has 0 spiro atoms. The van der Waals surface area contributed by atoms with Crippen LogP contribution in [0.15, 0.2) is 6.07 Å². The fourth-order valence-electron chi connectivity index (χ4n) is 2.08. The van der Waals surface area contributed by atoms with Gasteiger partial charge in [0, 0.05) is 16.1 Å². The molecule has 0 aromatic heterocycles. The van der Waals surface area contributed by atoms with Gasteiger partial charge in [0.05, 0.1) is 0 Å². The first-order chi connectivity index (χ1) is 8.85. The predicted molar refractivity (Wildman–Crippen MR) is 79.2 cm³/mol. The second kappa shape index (κ2) is 5.17. The largest absolute Gasteiger partial charge is 0.511 e. The summed E-state index contributed by atoms with van der Waals surface area (Å²) in [5, 5.41) is 19.7. The van der Waals surface area contributed by atoms with Gasteiger partial charge in [0.25, 0.3) is 0 Å². The average molecular weight is 301 g/mol. The smallest absolute Gasteiger partial charge is 0.504 e. The second-order valence-corrected chi connectivity index (χ2v) is 7.23. The van der Waals surface area contributed by atoms with E-state index < -0.39 is 17.0 Å². The highest BCUT2D eigenvalue weighted by Crippen LogP contribution is 2.47. The van der Waals surface area contributed by atoms with Crippen molar-refractivity contribution in [2.45, 2.75) is 52.4 Å². The molecule has 0 unspecified atom stereocenters. The summed E-state index contributed by atoms with van der Waals surface area (Å²) in [6.07, 6.45) is -1.46. The van der Waals surface area contributed by atoms with Crippen LogP contribution in [-0.4, -0.2) is 16.4 Å². The molecule has 5 heteroatoms. The summed E-state index contributed by atoms with van der Waals surface area (Å²) in [5.41, 5.74) is 0.176. The van der Waals surface area contributed by atoms with Crippen molar-refractivity contribution in [2.24, 2.45) is 0 Å². The van der Waals surface area contributed by atoms with Crippen molar-refractivity contribution in [3.05, 3.63) is 22.2 Å². The van der Waals surface area contributed by atoms with Gasteiger partial charge < -0.3 is 14.9 Å². The van der Waals surface area contributed by atoms with Crippen LogP contribution in [0.5, 0.6) is 11.5 Å². The predicted octanol–water partition coefficient (Wildman–Crippen LogP) is 4.70. The van der Waals surface area contributed by atoms with Crippen molar-refractivity contribution >= 4 is 17.8 Å². The van der Waals surface area contributed by atoms with Crippen molar-refractivity contribution in [2.75, 3.05) is 0 Å². The van der Waals surface area contributed by atoms with Gasteiger partial charge in [-0.15, -0.1) is 0 Å². The summed E-state index contributed by atoms with van der Waals surface area (Å²) in [4.78, 5) is 10.9. The molecule has 0 saturated carbocycles. The molecular weight excluding hydrogens is 280 g/mol. The fourth-order valence-corrected chi connectivity index (χ4v) is 2.56. The van der Waals surface area contributed by atoms with Gasteiger partial charge in [-0.25, -0.2) is 4.79 Å². The lowest BCUT2D eigenvalue weighted by Gasteiger charge is -2.28. The van der Waals surface area contributed by atoms with E-state index in [1.807, 2.05) is 41.5 Å². The topological polar surface area (TPSA) is 66.8 Å². The van der Waals surface area contributed by atoms with E-state index in [1.165, 1.54) is 0 Å². The third-order valence-electron chi connectivity index (χ3n) is 2.95. The number of rotatable bonds is 1. The van der Waals surface area contributed by atoms with Crippen molar-refractivity contribution in [3.8, 4) is 11.5 Å². The Kier molecular flexibility index (Phi) is 4.30. The molecule has 0 saturated heterocycles. The van der Waals surface area contributed by atoms with Crippen LogP contribution in [-0.2, 0) is 10.8 Å². The number of hydrogen-bond donors (Lipinski definition) is 2. The van der Waals surface area contributed by atoms with E-state index in [2.05, 4.69) is 0 Å². The Morgan fingerprint density at radius 3 is 2.00 bits per heavy atom. The number of phenolic OH excluding ortho intramolecular Hbond substituents is 1. The Morgan fingerprint density at radius 2 is 1.65 bits per heavy atom. The molecule has 4 nitrogen and oxygen atoms in total. The van der Waals surface area contributed by atoms with E-state index in [4.69, 9.17) is 21.4 Å². The first-order valence-corrected chi connectivity index (χ1v) is 6.70. The van der Waals surface area contributed by atoms with Gasteiger partial charge in [-0.2, -0.15) is 0 Å². The molecule has 1 aromatic rings. The molecule has 0 radical (unpaired) electrons. The average Bonchev–Trinajstić information content (AvgIpc) is 2.17. The Bertz CT molecular complexity index is 536. The van der Waals surface area contributed by atoms with Crippen LogP contribution in [0.1, 0.15) is 52.7 Å². The number of benzene rings is 1. The van der Waals surface area contributed by atoms with Gasteiger partial charge in [0.2, 0.25) is 0 Å². The lowest BCUT2D eigenvalue weighted by Crippen LogP contribution is -2.19. The normalized spacial score (nSPS) is 12.3. The number of hydrogen-bond acceptors (Lipinski definition) is 3. The molecule has 0 fully saturated rings. The first-order valence-electron chi connectivity index (χ1n) is 6.33. The van der Waals surface area contributed by atoms with Crippen LogP contribution < -0.4 is 4.74 Å². The molecule has 0 bridgehead atoms. The third kappa shape index (κ3) is 3.37. The molecule has 0 atom stereocenters. The first kappa shape index (κ1) is 16.6. The molecule has 1 aromatic carbocycles. The number of aromatic hydroxyl groups is 1. The minimum absolute atomic E-state index is 0.0423. The molecule has 0 aliphatic rings. The molecule has 0 heterocycles. The van der Waals surface area contributed by atoms with Gasteiger partial charge in [-0.3, -0.25) is 0 Å². The maximum absolute atomic E-state index is 10.9. The van der Waals surface area contributed by atoms with Crippen molar-refractivity contribution in [1.82, 2.24) is 0 Å². The molecule has 0 aliphatic heterocycles. The molecule has 0 aliphatic carbocycles. The van der Waals surface area contributed by atoms with Gasteiger partial charge in [0.15, 0.2) is 11.5 Å². The second-order valence-electron chi connectivity index (χ2n) is 6.83. The zero-order valence-corrected chi connectivity index (χ0v) is 13.4. The Hall–Kier alpha value is -1.42. The summed E-state index contributed by atoms with van der Waals surface area (Å²) in [7, 11) is 0. The van der Waals surface area contributed by atoms with Crippen molar-refractivity contribution < 1.29 is 19.7 Å². The third-order valence-corrected chi connectivity index (χ3v) is 3.25. The molecule has 0 amide bonds. The lowest BCUT2D eigenvalue weighted by atomic mass is 9.80. The van der Waals surface area contributed by atoms with Gasteiger partial charge in [-0.1, -0.05) is 53.1 Å². The Balaban J connectivity index is 3.70. The van der Waals surface area contributed by atoms with Crippen LogP contribution in [0.2, 0.25) is 5.02 Å². The number of halogens is 1. The minimum Gasteiger partial charge on any atom is -0.504 e. The molecule has 2 N–H and O–H groups in total. The maximum Gasteiger partial charge on any atom is 0.511 e. The molecular formula is C15H21ClO4. The monoisotopic (exact) mass is 300 g/mol. The SMILES string of the molecule is CC(C)(C)c1cc(Cl)c(C(C)(C)C)c(O)c1OC(=O)O. The van der Waals surface area contributed by atoms with E-state index in [0.29, 0.717) is 16.1 Å². The molecule has 1 rings (SSSR count). The number of carboxylic acid groups (broad SMARTS) is 1. The lowest BCUT2D eigenvalue weighted by molar-refractivity contribution is 0.141. The highest BCUT2D eigenvalue weighted by molar-refractivity contribution is 6.32. The summed E-state index contributed by atoms with van der Waals surface area (Å²) in [5.74, 6) is -0.253.